The van der Waals surface area contributed by atoms with E-state index in [0.29, 0.717) is 5.75 Å². The molecule has 0 spiro atoms. The number of amides is 1. The highest BCUT2D eigenvalue weighted by Crippen LogP contribution is 2.34. The quantitative estimate of drug-likeness (QED) is 0.617. The zero-order chi connectivity index (χ0) is 16.7. The molecular weight excluding hydrogens is 424 g/mol. The summed E-state index contributed by atoms with van der Waals surface area (Å²) in [7, 11) is 0. The van der Waals surface area contributed by atoms with Gasteiger partial charge in [0.25, 0.3) is 5.91 Å². The Kier molecular flexibility index (Phi) is 7.08. The summed E-state index contributed by atoms with van der Waals surface area (Å²) in [6, 6.07) is 14.3. The molecule has 0 atom stereocenters. The lowest BCUT2D eigenvalue weighted by atomic mass is 10.1. The predicted molar refractivity (Wildman–Crippen MR) is 98.4 cm³/mol. The van der Waals surface area contributed by atoms with E-state index in [2.05, 4.69) is 49.3 Å². The van der Waals surface area contributed by atoms with E-state index in [1.54, 1.807) is 0 Å². The highest BCUT2D eigenvalue weighted by atomic mass is 79.9. The first-order valence-electron chi connectivity index (χ1n) is 7.20. The number of primary amides is 1. The fraction of sp³-hybridized carbons (Fsp3) is 0.235. The fourth-order valence-electron chi connectivity index (χ4n) is 2.11. The molecule has 0 radical (unpaired) electrons. The second-order valence-corrected chi connectivity index (χ2v) is 6.76. The molecule has 4 nitrogen and oxygen atoms in total. The summed E-state index contributed by atoms with van der Waals surface area (Å²) in [5.74, 6) is 0.0762. The number of carbonyl (C=O) groups excluding carboxylic acids is 1. The van der Waals surface area contributed by atoms with Gasteiger partial charge in [-0.2, -0.15) is 0 Å². The normalized spacial score (nSPS) is 10.5. The van der Waals surface area contributed by atoms with E-state index >= 15 is 0 Å². The SMILES string of the molecule is NC(=O)COc1c(Br)cc(CNCCc2ccccc2)cc1Br. The lowest BCUT2D eigenvalue weighted by Gasteiger charge is -2.12. The minimum absolute atomic E-state index is 0.147. The van der Waals surface area contributed by atoms with E-state index in [-0.39, 0.29) is 6.61 Å². The molecule has 2 aromatic rings. The van der Waals surface area contributed by atoms with Crippen molar-refractivity contribution in [1.82, 2.24) is 5.32 Å². The number of benzene rings is 2. The molecule has 0 saturated carbocycles. The Morgan fingerprint density at radius 2 is 1.74 bits per heavy atom. The van der Waals surface area contributed by atoms with Gasteiger partial charge in [-0.15, -0.1) is 0 Å². The average Bonchev–Trinajstić information content (AvgIpc) is 2.51. The van der Waals surface area contributed by atoms with E-state index in [4.69, 9.17) is 10.5 Å². The van der Waals surface area contributed by atoms with Gasteiger partial charge in [-0.25, -0.2) is 0 Å². The molecule has 0 aliphatic carbocycles. The predicted octanol–water partition coefficient (Wildman–Crippen LogP) is 3.41. The standard InChI is InChI=1S/C17H18Br2N2O2/c18-14-8-13(9-15(19)17(14)23-11-16(20)22)10-21-7-6-12-4-2-1-3-5-12/h1-5,8-9,21H,6-7,10-11H2,(H2,20,22). The maximum absolute atomic E-state index is 10.8. The highest BCUT2D eigenvalue weighted by molar-refractivity contribution is 9.11. The third-order valence-electron chi connectivity index (χ3n) is 3.18. The van der Waals surface area contributed by atoms with Crippen LogP contribution in [0.1, 0.15) is 11.1 Å². The fourth-order valence-corrected chi connectivity index (χ4v) is 3.62. The van der Waals surface area contributed by atoms with Crippen LogP contribution in [-0.4, -0.2) is 19.1 Å². The Bertz CT molecular complexity index is 640. The molecule has 6 heteroatoms. The number of rotatable bonds is 8. The molecule has 0 saturated heterocycles. The molecule has 2 rings (SSSR count). The van der Waals surface area contributed by atoms with E-state index in [1.807, 2.05) is 30.3 Å². The van der Waals surface area contributed by atoms with E-state index in [9.17, 15) is 4.79 Å². The smallest absolute Gasteiger partial charge is 0.255 e. The van der Waals surface area contributed by atoms with Gasteiger partial charge in [0, 0.05) is 6.54 Å². The second kappa shape index (κ2) is 9.05. The van der Waals surface area contributed by atoms with Crippen molar-refractivity contribution >= 4 is 37.8 Å². The first-order valence-corrected chi connectivity index (χ1v) is 8.78. The first kappa shape index (κ1) is 18.0. The van der Waals surface area contributed by atoms with E-state index < -0.39 is 5.91 Å². The Hall–Kier alpha value is -1.37. The number of hydrogen-bond donors (Lipinski definition) is 2. The van der Waals surface area contributed by atoms with Crippen LogP contribution in [0.25, 0.3) is 0 Å². The van der Waals surface area contributed by atoms with Crippen LogP contribution >= 0.6 is 31.9 Å². The maximum Gasteiger partial charge on any atom is 0.255 e. The van der Waals surface area contributed by atoms with Crippen LogP contribution in [0.15, 0.2) is 51.4 Å². The third-order valence-corrected chi connectivity index (χ3v) is 4.36. The second-order valence-electron chi connectivity index (χ2n) is 5.06. The van der Waals surface area contributed by atoms with Crippen LogP contribution in [0.2, 0.25) is 0 Å². The van der Waals surface area contributed by atoms with E-state index in [0.717, 1.165) is 34.0 Å². The molecule has 122 valence electrons. The number of nitrogens with one attached hydrogen (secondary N) is 1. The van der Waals surface area contributed by atoms with Gasteiger partial charge in [-0.1, -0.05) is 30.3 Å². The average molecular weight is 442 g/mol. The van der Waals surface area contributed by atoms with Crippen molar-refractivity contribution in [2.24, 2.45) is 5.73 Å². The molecular formula is C17H18Br2N2O2. The molecule has 0 heterocycles. The summed E-state index contributed by atoms with van der Waals surface area (Å²) in [4.78, 5) is 10.8. The zero-order valence-electron chi connectivity index (χ0n) is 12.5. The van der Waals surface area contributed by atoms with Crippen molar-refractivity contribution in [3.05, 3.63) is 62.5 Å². The zero-order valence-corrected chi connectivity index (χ0v) is 15.7. The summed E-state index contributed by atoms with van der Waals surface area (Å²) >= 11 is 6.92. The Balaban J connectivity index is 1.87. The summed E-state index contributed by atoms with van der Waals surface area (Å²) in [5, 5.41) is 3.42. The summed E-state index contributed by atoms with van der Waals surface area (Å²) in [5.41, 5.74) is 7.53. The van der Waals surface area contributed by atoms with Crippen LogP contribution in [-0.2, 0) is 17.8 Å². The number of carbonyl (C=O) groups is 1. The van der Waals surface area contributed by atoms with Crippen molar-refractivity contribution in [1.29, 1.82) is 0 Å². The number of hydrogen-bond acceptors (Lipinski definition) is 3. The van der Waals surface area contributed by atoms with Gasteiger partial charge >= 0.3 is 0 Å². The van der Waals surface area contributed by atoms with Crippen LogP contribution in [0.3, 0.4) is 0 Å². The molecule has 0 bridgehead atoms. The van der Waals surface area contributed by atoms with Crippen molar-refractivity contribution < 1.29 is 9.53 Å². The number of ether oxygens (including phenoxy) is 1. The van der Waals surface area contributed by atoms with Crippen LogP contribution < -0.4 is 15.8 Å². The van der Waals surface area contributed by atoms with Crippen molar-refractivity contribution in [3.63, 3.8) is 0 Å². The van der Waals surface area contributed by atoms with E-state index in [1.165, 1.54) is 5.56 Å². The maximum atomic E-state index is 10.8. The lowest BCUT2D eigenvalue weighted by molar-refractivity contribution is -0.119. The molecule has 0 fully saturated rings. The third kappa shape index (κ3) is 5.97. The summed E-state index contributed by atoms with van der Waals surface area (Å²) < 4.78 is 6.95. The summed E-state index contributed by atoms with van der Waals surface area (Å²) in [6.07, 6.45) is 0.989. The molecule has 0 aromatic heterocycles. The van der Waals surface area contributed by atoms with Crippen LogP contribution in [0, 0.1) is 0 Å². The lowest BCUT2D eigenvalue weighted by Crippen LogP contribution is -2.20. The molecule has 0 unspecified atom stereocenters. The largest absolute Gasteiger partial charge is 0.481 e. The number of nitrogens with two attached hydrogens (primary N) is 1. The van der Waals surface area contributed by atoms with Crippen molar-refractivity contribution in [2.75, 3.05) is 13.2 Å². The molecule has 23 heavy (non-hydrogen) atoms. The van der Waals surface area contributed by atoms with Crippen molar-refractivity contribution in [2.45, 2.75) is 13.0 Å². The van der Waals surface area contributed by atoms with Crippen LogP contribution in [0.4, 0.5) is 0 Å². The van der Waals surface area contributed by atoms with Gasteiger partial charge in [0.2, 0.25) is 0 Å². The minimum Gasteiger partial charge on any atom is -0.481 e. The molecule has 0 aliphatic heterocycles. The van der Waals surface area contributed by atoms with Gasteiger partial charge in [0.1, 0.15) is 5.75 Å². The van der Waals surface area contributed by atoms with Crippen molar-refractivity contribution in [3.8, 4) is 5.75 Å². The molecule has 1 amide bonds. The van der Waals surface area contributed by atoms with Gasteiger partial charge < -0.3 is 15.8 Å². The Labute approximate surface area is 152 Å². The highest BCUT2D eigenvalue weighted by Gasteiger charge is 2.10. The molecule has 0 aliphatic rings. The van der Waals surface area contributed by atoms with Gasteiger partial charge in [0.05, 0.1) is 8.95 Å². The minimum atomic E-state index is -0.504. The first-order chi connectivity index (χ1) is 11.1. The topological polar surface area (TPSA) is 64.4 Å². The van der Waals surface area contributed by atoms with Gasteiger partial charge in [-0.05, 0) is 68.1 Å². The molecule has 3 N–H and O–H groups in total. The number of halogens is 2. The van der Waals surface area contributed by atoms with Gasteiger partial charge in [0.15, 0.2) is 6.61 Å². The summed E-state index contributed by atoms with van der Waals surface area (Å²) in [6.45, 7) is 1.51. The monoisotopic (exact) mass is 440 g/mol. The molecule has 2 aromatic carbocycles. The van der Waals surface area contributed by atoms with Gasteiger partial charge in [-0.3, -0.25) is 4.79 Å². The Morgan fingerprint density at radius 1 is 1.09 bits per heavy atom. The Morgan fingerprint density at radius 3 is 2.35 bits per heavy atom. The van der Waals surface area contributed by atoms with Crippen LogP contribution in [0.5, 0.6) is 5.75 Å².